The number of nitrogens with zero attached hydrogens (tertiary/aromatic N) is 2. The molecule has 0 unspecified atom stereocenters. The zero-order valence-corrected chi connectivity index (χ0v) is 34.8. The standard InChI is InChI=1S/C53H52N4O/c1-51(2,3)39-30-36(31-40(33-39)55-45-23-15-16-24-46(45)56-44-22-14-13-21-43(44)52(4,5)6)50(58)35-26-27-42-41-20-12-17-25-47(41)57(48(42)32-35)49-34-38(28-29-54-49)53(7,8)37-18-10-9-11-19-37/h9-34,55-56H,1-8H3. The summed E-state index contributed by atoms with van der Waals surface area (Å²) in [6.07, 6.45) is 1.90. The highest BCUT2D eigenvalue weighted by Gasteiger charge is 2.25. The molecule has 2 aromatic heterocycles. The molecule has 0 saturated heterocycles. The molecule has 290 valence electrons. The van der Waals surface area contributed by atoms with Crippen LogP contribution in [0.15, 0.2) is 158 Å². The summed E-state index contributed by atoms with van der Waals surface area (Å²) in [6.45, 7) is 17.7. The third-order valence-electron chi connectivity index (χ3n) is 11.4. The number of rotatable bonds is 9. The van der Waals surface area contributed by atoms with Gasteiger partial charge in [-0.2, -0.15) is 0 Å². The van der Waals surface area contributed by atoms with Gasteiger partial charge in [0.1, 0.15) is 5.82 Å². The minimum absolute atomic E-state index is 0.0283. The maximum absolute atomic E-state index is 14.8. The Kier molecular flexibility index (Phi) is 9.80. The molecule has 5 nitrogen and oxygen atoms in total. The second kappa shape index (κ2) is 14.8. The third kappa shape index (κ3) is 7.41. The monoisotopic (exact) mass is 760 g/mol. The van der Waals surface area contributed by atoms with Crippen molar-refractivity contribution in [3.8, 4) is 5.82 Å². The average molecular weight is 761 g/mol. The van der Waals surface area contributed by atoms with E-state index in [0.29, 0.717) is 11.1 Å². The SMILES string of the molecule is CC(C)(C)c1cc(Nc2ccccc2Nc2ccccc2C(C)(C)C)cc(C(=O)c2ccc3c4ccccc4n(-c4cc(C(C)(C)c5ccccc5)ccn4)c3c2)c1. The molecule has 2 N–H and O–H groups in total. The van der Waals surface area contributed by atoms with Crippen LogP contribution in [0.1, 0.15) is 93.6 Å². The Morgan fingerprint density at radius 1 is 0.500 bits per heavy atom. The molecule has 0 spiro atoms. The first kappa shape index (κ1) is 38.4. The molecular formula is C53H52N4O. The first-order valence-corrected chi connectivity index (χ1v) is 20.2. The highest BCUT2D eigenvalue weighted by Crippen LogP contribution is 2.38. The van der Waals surface area contributed by atoms with Crippen LogP contribution < -0.4 is 10.6 Å². The van der Waals surface area contributed by atoms with Crippen molar-refractivity contribution >= 4 is 50.3 Å². The molecule has 0 radical (unpaired) electrons. The Labute approximate surface area is 342 Å². The molecule has 8 rings (SSSR count). The lowest BCUT2D eigenvalue weighted by molar-refractivity contribution is 0.103. The number of anilines is 4. The Morgan fingerprint density at radius 3 is 1.86 bits per heavy atom. The highest BCUT2D eigenvalue weighted by molar-refractivity contribution is 6.15. The molecular weight excluding hydrogens is 709 g/mol. The predicted octanol–water partition coefficient (Wildman–Crippen LogP) is 13.8. The molecule has 5 heteroatoms. The molecule has 0 aliphatic heterocycles. The Morgan fingerprint density at radius 2 is 1.14 bits per heavy atom. The number of carbonyl (C=O) groups is 1. The van der Waals surface area contributed by atoms with E-state index in [2.05, 4.69) is 186 Å². The molecule has 0 fully saturated rings. The number of hydrogen-bond donors (Lipinski definition) is 2. The molecule has 8 aromatic rings. The molecule has 2 heterocycles. The van der Waals surface area contributed by atoms with E-state index in [1.54, 1.807) is 0 Å². The molecule has 0 aliphatic rings. The van der Waals surface area contributed by atoms with Crippen molar-refractivity contribution in [1.82, 2.24) is 9.55 Å². The van der Waals surface area contributed by atoms with Crippen molar-refractivity contribution in [2.24, 2.45) is 0 Å². The molecule has 0 amide bonds. The van der Waals surface area contributed by atoms with E-state index in [4.69, 9.17) is 4.98 Å². The lowest BCUT2D eigenvalue weighted by Gasteiger charge is -2.26. The van der Waals surface area contributed by atoms with Gasteiger partial charge in [0.2, 0.25) is 0 Å². The van der Waals surface area contributed by atoms with Crippen LogP contribution in [-0.2, 0) is 16.2 Å². The van der Waals surface area contributed by atoms with Gasteiger partial charge in [-0.3, -0.25) is 9.36 Å². The van der Waals surface area contributed by atoms with E-state index in [9.17, 15) is 4.79 Å². The zero-order valence-electron chi connectivity index (χ0n) is 34.8. The quantitative estimate of drug-likeness (QED) is 0.144. The first-order valence-electron chi connectivity index (χ1n) is 20.2. The number of aromatic nitrogens is 2. The predicted molar refractivity (Wildman–Crippen MR) is 244 cm³/mol. The van der Waals surface area contributed by atoms with E-state index in [-0.39, 0.29) is 22.0 Å². The Balaban J connectivity index is 1.19. The largest absolute Gasteiger partial charge is 0.354 e. The van der Waals surface area contributed by atoms with Crippen LogP contribution in [0, 0.1) is 0 Å². The van der Waals surface area contributed by atoms with Gasteiger partial charge in [0.15, 0.2) is 5.78 Å². The van der Waals surface area contributed by atoms with Crippen molar-refractivity contribution in [3.63, 3.8) is 0 Å². The van der Waals surface area contributed by atoms with Gasteiger partial charge >= 0.3 is 0 Å². The maximum Gasteiger partial charge on any atom is 0.193 e. The van der Waals surface area contributed by atoms with E-state index < -0.39 is 0 Å². The molecule has 0 bridgehead atoms. The fourth-order valence-electron chi connectivity index (χ4n) is 7.99. The van der Waals surface area contributed by atoms with Gasteiger partial charge in [0.25, 0.3) is 0 Å². The van der Waals surface area contributed by atoms with Gasteiger partial charge in [-0.15, -0.1) is 0 Å². The first-order chi connectivity index (χ1) is 27.7. The van der Waals surface area contributed by atoms with Crippen molar-refractivity contribution in [2.75, 3.05) is 10.6 Å². The summed E-state index contributed by atoms with van der Waals surface area (Å²) in [6, 6.07) is 52.3. The number of ketones is 1. The van der Waals surface area contributed by atoms with Gasteiger partial charge < -0.3 is 10.6 Å². The second-order valence-corrected chi connectivity index (χ2v) is 17.9. The zero-order chi connectivity index (χ0) is 40.8. The van der Waals surface area contributed by atoms with Gasteiger partial charge in [-0.05, 0) is 93.7 Å². The van der Waals surface area contributed by atoms with Crippen LogP contribution in [0.25, 0.3) is 27.6 Å². The number of benzene rings is 6. The third-order valence-corrected chi connectivity index (χ3v) is 11.4. The van der Waals surface area contributed by atoms with Gasteiger partial charge in [0, 0.05) is 44.9 Å². The van der Waals surface area contributed by atoms with E-state index in [1.807, 2.05) is 42.6 Å². The number of fused-ring (bicyclic) bond motifs is 3. The number of para-hydroxylation sites is 4. The maximum atomic E-state index is 14.8. The van der Waals surface area contributed by atoms with E-state index in [1.165, 1.54) is 11.1 Å². The summed E-state index contributed by atoms with van der Waals surface area (Å²) in [4.78, 5) is 19.7. The molecule has 6 aromatic carbocycles. The number of nitrogens with one attached hydrogen (secondary N) is 2. The van der Waals surface area contributed by atoms with E-state index >= 15 is 0 Å². The Bertz CT molecular complexity index is 2800. The van der Waals surface area contributed by atoms with Crippen molar-refractivity contribution in [1.29, 1.82) is 0 Å². The van der Waals surface area contributed by atoms with Crippen LogP contribution in [-0.4, -0.2) is 15.3 Å². The lowest BCUT2D eigenvalue weighted by atomic mass is 9.78. The summed E-state index contributed by atoms with van der Waals surface area (Å²) >= 11 is 0. The summed E-state index contributed by atoms with van der Waals surface area (Å²) in [5.74, 6) is 0.779. The van der Waals surface area contributed by atoms with Crippen LogP contribution >= 0.6 is 0 Å². The van der Waals surface area contributed by atoms with Crippen LogP contribution in [0.3, 0.4) is 0 Å². The summed E-state index contributed by atoms with van der Waals surface area (Å²) in [7, 11) is 0. The van der Waals surface area contributed by atoms with Gasteiger partial charge in [-0.25, -0.2) is 4.98 Å². The normalized spacial score (nSPS) is 12.2. The minimum Gasteiger partial charge on any atom is -0.354 e. The van der Waals surface area contributed by atoms with Crippen LogP contribution in [0.5, 0.6) is 0 Å². The van der Waals surface area contributed by atoms with Crippen molar-refractivity contribution in [2.45, 2.75) is 71.6 Å². The summed E-state index contributed by atoms with van der Waals surface area (Å²) in [5, 5.41) is 9.59. The minimum atomic E-state index is -0.240. The topological polar surface area (TPSA) is 58.9 Å². The molecule has 0 atom stereocenters. The molecule has 58 heavy (non-hydrogen) atoms. The molecule has 0 aliphatic carbocycles. The molecule has 0 saturated carbocycles. The van der Waals surface area contributed by atoms with Crippen molar-refractivity contribution in [3.05, 3.63) is 191 Å². The number of carbonyl (C=O) groups excluding carboxylic acids is 1. The fraction of sp³-hybridized carbons (Fsp3) is 0.208. The summed E-state index contributed by atoms with van der Waals surface area (Å²) in [5.41, 5.74) is 11.3. The smallest absolute Gasteiger partial charge is 0.193 e. The average Bonchev–Trinajstić information content (AvgIpc) is 3.55. The number of pyridine rings is 1. The van der Waals surface area contributed by atoms with E-state index in [0.717, 1.165) is 61.5 Å². The van der Waals surface area contributed by atoms with Crippen LogP contribution in [0.4, 0.5) is 22.7 Å². The van der Waals surface area contributed by atoms with Gasteiger partial charge in [-0.1, -0.05) is 146 Å². The summed E-state index contributed by atoms with van der Waals surface area (Å²) < 4.78 is 2.20. The number of hydrogen-bond acceptors (Lipinski definition) is 4. The van der Waals surface area contributed by atoms with Gasteiger partial charge in [0.05, 0.1) is 22.4 Å². The lowest BCUT2D eigenvalue weighted by Crippen LogP contribution is -2.19. The Hall–Kier alpha value is -6.46. The van der Waals surface area contributed by atoms with Crippen molar-refractivity contribution < 1.29 is 4.79 Å². The second-order valence-electron chi connectivity index (χ2n) is 17.9. The fourth-order valence-corrected chi connectivity index (χ4v) is 7.99. The highest BCUT2D eigenvalue weighted by atomic mass is 16.1. The van der Waals surface area contributed by atoms with Crippen LogP contribution in [0.2, 0.25) is 0 Å².